The molecule has 0 aliphatic heterocycles. The molecule has 7 nitrogen and oxygen atoms in total. The zero-order valence-electron chi connectivity index (χ0n) is 15.4. The number of esters is 1. The van der Waals surface area contributed by atoms with Crippen LogP contribution in [0.3, 0.4) is 0 Å². The van der Waals surface area contributed by atoms with Crippen LogP contribution in [0.2, 0.25) is 0 Å². The highest BCUT2D eigenvalue weighted by atomic mass is 16.6. The molecule has 1 saturated carbocycles. The molecule has 0 bridgehead atoms. The zero-order chi connectivity index (χ0) is 19.2. The number of nitrogens with two attached hydrogens (primary N) is 1. The van der Waals surface area contributed by atoms with Crippen molar-refractivity contribution < 1.29 is 14.3 Å². The monoisotopic (exact) mass is 368 g/mol. The predicted molar refractivity (Wildman–Crippen MR) is 100 cm³/mol. The van der Waals surface area contributed by atoms with Crippen molar-refractivity contribution in [3.8, 4) is 11.8 Å². The molecule has 1 aromatic carbocycles. The van der Waals surface area contributed by atoms with Crippen molar-refractivity contribution in [3.63, 3.8) is 0 Å². The standard InChI is InChI=1S/C20H24N4O3/c1-14-4-2-3-5-18(14)26-10-11-27-20(25)15-6-8-17(9-7-15)24-19(22)16(12-21)13-23-24/h6-9,13-14,18H,2-5,10-11,22H2,1H3. The Hall–Kier alpha value is -2.85. The minimum Gasteiger partial charge on any atom is -0.460 e. The molecule has 3 rings (SSSR count). The van der Waals surface area contributed by atoms with Crippen LogP contribution in [0, 0.1) is 17.2 Å². The van der Waals surface area contributed by atoms with Crippen LogP contribution in [0.1, 0.15) is 48.5 Å². The van der Waals surface area contributed by atoms with Gasteiger partial charge in [0.1, 0.15) is 24.1 Å². The molecular formula is C20H24N4O3. The average molecular weight is 368 g/mol. The molecule has 2 aromatic rings. The van der Waals surface area contributed by atoms with Gasteiger partial charge in [-0.1, -0.05) is 19.8 Å². The quantitative estimate of drug-likeness (QED) is 0.621. The third-order valence-electron chi connectivity index (χ3n) is 4.96. The van der Waals surface area contributed by atoms with Gasteiger partial charge in [0.2, 0.25) is 0 Å². The smallest absolute Gasteiger partial charge is 0.338 e. The minimum atomic E-state index is -0.395. The van der Waals surface area contributed by atoms with Gasteiger partial charge in [0.05, 0.1) is 30.2 Å². The number of benzene rings is 1. The van der Waals surface area contributed by atoms with Crippen LogP contribution in [-0.2, 0) is 9.47 Å². The molecule has 1 fully saturated rings. The number of nitrogens with zero attached hydrogens (tertiary/aromatic N) is 3. The lowest BCUT2D eigenvalue weighted by Crippen LogP contribution is -2.27. The van der Waals surface area contributed by atoms with Gasteiger partial charge in [0.25, 0.3) is 0 Å². The van der Waals surface area contributed by atoms with Crippen LogP contribution in [0.25, 0.3) is 5.69 Å². The minimum absolute atomic E-state index is 0.238. The first-order chi connectivity index (χ1) is 13.1. The van der Waals surface area contributed by atoms with E-state index in [4.69, 9.17) is 20.5 Å². The normalized spacial score (nSPS) is 19.4. The van der Waals surface area contributed by atoms with E-state index in [1.165, 1.54) is 30.1 Å². The van der Waals surface area contributed by atoms with Gasteiger partial charge in [-0.25, -0.2) is 9.48 Å². The van der Waals surface area contributed by atoms with Gasteiger partial charge in [-0.15, -0.1) is 0 Å². The van der Waals surface area contributed by atoms with E-state index in [1.54, 1.807) is 24.3 Å². The summed E-state index contributed by atoms with van der Waals surface area (Å²) >= 11 is 0. The summed E-state index contributed by atoms with van der Waals surface area (Å²) in [5.74, 6) is 0.438. The summed E-state index contributed by atoms with van der Waals surface area (Å²) in [4.78, 5) is 12.2. The summed E-state index contributed by atoms with van der Waals surface area (Å²) in [6, 6.07) is 8.69. The maximum Gasteiger partial charge on any atom is 0.338 e. The van der Waals surface area contributed by atoms with E-state index in [9.17, 15) is 4.79 Å². The van der Waals surface area contributed by atoms with Crippen LogP contribution in [0.5, 0.6) is 0 Å². The Balaban J connectivity index is 1.50. The van der Waals surface area contributed by atoms with Crippen LogP contribution in [0.15, 0.2) is 30.5 Å². The van der Waals surface area contributed by atoms with Gasteiger partial charge in [0, 0.05) is 0 Å². The van der Waals surface area contributed by atoms with Gasteiger partial charge < -0.3 is 15.2 Å². The highest BCUT2D eigenvalue weighted by Crippen LogP contribution is 2.26. The van der Waals surface area contributed by atoms with E-state index in [1.807, 2.05) is 6.07 Å². The summed E-state index contributed by atoms with van der Waals surface area (Å²) in [6.45, 7) is 2.87. The number of anilines is 1. The average Bonchev–Trinajstić information content (AvgIpc) is 3.07. The van der Waals surface area contributed by atoms with Gasteiger partial charge in [0.15, 0.2) is 0 Å². The number of carbonyl (C=O) groups excluding carboxylic acids is 1. The third-order valence-corrected chi connectivity index (χ3v) is 4.96. The van der Waals surface area contributed by atoms with Crippen molar-refractivity contribution >= 4 is 11.8 Å². The van der Waals surface area contributed by atoms with E-state index < -0.39 is 5.97 Å². The lowest BCUT2D eigenvalue weighted by atomic mass is 9.88. The van der Waals surface area contributed by atoms with Crippen LogP contribution in [-0.4, -0.2) is 35.1 Å². The number of nitrogen functional groups attached to an aromatic ring is 1. The highest BCUT2D eigenvalue weighted by Gasteiger charge is 2.21. The zero-order valence-corrected chi connectivity index (χ0v) is 15.4. The summed E-state index contributed by atoms with van der Waals surface area (Å²) in [6.07, 6.45) is 6.44. The lowest BCUT2D eigenvalue weighted by Gasteiger charge is -2.28. The molecule has 1 heterocycles. The van der Waals surface area contributed by atoms with Crippen LogP contribution < -0.4 is 5.73 Å². The van der Waals surface area contributed by atoms with E-state index >= 15 is 0 Å². The number of hydrogen-bond donors (Lipinski definition) is 1. The summed E-state index contributed by atoms with van der Waals surface area (Å²) < 4.78 is 12.6. The Bertz CT molecular complexity index is 823. The maximum atomic E-state index is 12.2. The topological polar surface area (TPSA) is 103 Å². The van der Waals surface area contributed by atoms with Crippen molar-refractivity contribution in [2.75, 3.05) is 18.9 Å². The van der Waals surface area contributed by atoms with E-state index in [0.717, 1.165) is 6.42 Å². The summed E-state index contributed by atoms with van der Waals surface area (Å²) in [5.41, 5.74) is 7.29. The second-order valence-corrected chi connectivity index (χ2v) is 6.82. The number of hydrogen-bond acceptors (Lipinski definition) is 6. The number of rotatable bonds is 6. The molecular weight excluding hydrogens is 344 g/mol. The fourth-order valence-electron chi connectivity index (χ4n) is 3.34. The fraction of sp³-hybridized carbons (Fsp3) is 0.450. The molecule has 0 saturated heterocycles. The first-order valence-corrected chi connectivity index (χ1v) is 9.23. The molecule has 0 spiro atoms. The fourth-order valence-corrected chi connectivity index (χ4v) is 3.34. The molecule has 142 valence electrons. The molecule has 2 N–H and O–H groups in total. The van der Waals surface area contributed by atoms with E-state index in [-0.39, 0.29) is 18.5 Å². The van der Waals surface area contributed by atoms with Gasteiger partial charge in [-0.3, -0.25) is 0 Å². The SMILES string of the molecule is CC1CCCCC1OCCOC(=O)c1ccc(-n2ncc(C#N)c2N)cc1. The number of carbonyl (C=O) groups is 1. The van der Waals surface area contributed by atoms with Crippen molar-refractivity contribution in [2.24, 2.45) is 5.92 Å². The molecule has 0 amide bonds. The molecule has 7 heteroatoms. The predicted octanol–water partition coefficient (Wildman–Crippen LogP) is 3.08. The van der Waals surface area contributed by atoms with Crippen molar-refractivity contribution in [3.05, 3.63) is 41.6 Å². The van der Waals surface area contributed by atoms with Crippen molar-refractivity contribution in [1.29, 1.82) is 5.26 Å². The first kappa shape index (κ1) is 18.9. The molecule has 1 aliphatic carbocycles. The molecule has 0 radical (unpaired) electrons. The Morgan fingerprint density at radius 1 is 1.30 bits per heavy atom. The Morgan fingerprint density at radius 2 is 2.04 bits per heavy atom. The third kappa shape index (κ3) is 4.47. The highest BCUT2D eigenvalue weighted by molar-refractivity contribution is 5.89. The molecule has 27 heavy (non-hydrogen) atoms. The molecule has 1 aromatic heterocycles. The van der Waals surface area contributed by atoms with Crippen molar-refractivity contribution in [1.82, 2.24) is 9.78 Å². The Labute approximate surface area is 158 Å². The number of aromatic nitrogens is 2. The lowest BCUT2D eigenvalue weighted by molar-refractivity contribution is -0.0271. The number of nitriles is 1. The second-order valence-electron chi connectivity index (χ2n) is 6.82. The number of ether oxygens (including phenoxy) is 2. The Morgan fingerprint density at radius 3 is 2.70 bits per heavy atom. The van der Waals surface area contributed by atoms with Gasteiger partial charge in [-0.05, 0) is 43.0 Å². The molecule has 2 atom stereocenters. The Kier molecular flexibility index (Phi) is 6.09. The van der Waals surface area contributed by atoms with E-state index in [2.05, 4.69) is 12.0 Å². The summed E-state index contributed by atoms with van der Waals surface area (Å²) in [5, 5.41) is 13.0. The van der Waals surface area contributed by atoms with Gasteiger partial charge in [-0.2, -0.15) is 10.4 Å². The van der Waals surface area contributed by atoms with E-state index in [0.29, 0.717) is 29.3 Å². The largest absolute Gasteiger partial charge is 0.460 e. The van der Waals surface area contributed by atoms with Crippen LogP contribution in [0.4, 0.5) is 5.82 Å². The van der Waals surface area contributed by atoms with Gasteiger partial charge >= 0.3 is 5.97 Å². The second kappa shape index (κ2) is 8.69. The maximum absolute atomic E-state index is 12.2. The summed E-state index contributed by atoms with van der Waals surface area (Å²) in [7, 11) is 0. The molecule has 2 unspecified atom stereocenters. The molecule has 1 aliphatic rings. The van der Waals surface area contributed by atoms with Crippen molar-refractivity contribution in [2.45, 2.75) is 38.7 Å². The van der Waals surface area contributed by atoms with Crippen LogP contribution >= 0.6 is 0 Å². The first-order valence-electron chi connectivity index (χ1n) is 9.23.